The van der Waals surface area contributed by atoms with Gasteiger partial charge in [-0.2, -0.15) is 12.8 Å². The van der Waals surface area contributed by atoms with Crippen molar-refractivity contribution in [3.63, 3.8) is 0 Å². The second-order valence-electron chi connectivity index (χ2n) is 4.52. The van der Waals surface area contributed by atoms with E-state index >= 15 is 0 Å². The van der Waals surface area contributed by atoms with E-state index in [1.54, 1.807) is 18.2 Å². The number of hydrogen-bond donors (Lipinski definition) is 0. The zero-order chi connectivity index (χ0) is 16.7. The van der Waals surface area contributed by atoms with Crippen LogP contribution in [-0.4, -0.2) is 29.6 Å². The lowest BCUT2D eigenvalue weighted by atomic mass is 9.96. The van der Waals surface area contributed by atoms with E-state index in [1.165, 1.54) is 19.1 Å². The molecule has 22 heavy (non-hydrogen) atoms. The highest BCUT2D eigenvalue weighted by Gasteiger charge is 2.50. The molecule has 1 aliphatic carbocycles. The van der Waals surface area contributed by atoms with Gasteiger partial charge in [0, 0.05) is 0 Å². The molecule has 0 fully saturated rings. The van der Waals surface area contributed by atoms with Gasteiger partial charge in [0.15, 0.2) is 0 Å². The van der Waals surface area contributed by atoms with E-state index in [1.807, 2.05) is 0 Å². The summed E-state index contributed by atoms with van der Waals surface area (Å²) in [5.41, 5.74) is -0.0248. The second-order valence-corrected chi connectivity index (χ2v) is 8.32. The number of rotatable bonds is 2. The van der Waals surface area contributed by atoms with Gasteiger partial charge in [-0.15, -0.1) is 11.6 Å². The number of carbonyl (C=O) groups is 1. The first-order valence-electron chi connectivity index (χ1n) is 5.92. The molecule has 1 atom stereocenters. The summed E-state index contributed by atoms with van der Waals surface area (Å²) < 4.78 is 26.2. The van der Waals surface area contributed by atoms with Crippen LogP contribution in [0.1, 0.15) is 6.92 Å². The van der Waals surface area contributed by atoms with Gasteiger partial charge in [-0.25, -0.2) is 0 Å². The lowest BCUT2D eigenvalue weighted by Gasteiger charge is -2.30. The van der Waals surface area contributed by atoms with Crippen molar-refractivity contribution in [2.75, 3.05) is 0 Å². The predicted octanol–water partition coefficient (Wildman–Crippen LogP) is 3.69. The zero-order valence-corrected chi connectivity index (χ0v) is 14.9. The number of sulfonamides is 1. The molecule has 0 bridgehead atoms. The van der Waals surface area contributed by atoms with Crippen LogP contribution in [-0.2, 0) is 14.8 Å². The molecule has 0 heterocycles. The highest BCUT2D eigenvalue weighted by Crippen LogP contribution is 2.41. The maximum atomic E-state index is 12.3. The molecule has 0 saturated carbocycles. The molecular weight excluding hydrogens is 392 g/mol. The van der Waals surface area contributed by atoms with Crippen molar-refractivity contribution in [2.45, 2.75) is 21.5 Å². The third kappa shape index (κ3) is 3.05. The van der Waals surface area contributed by atoms with Crippen LogP contribution >= 0.6 is 46.4 Å². The molecule has 0 saturated heterocycles. The Morgan fingerprint density at radius 2 is 1.73 bits per heavy atom. The first-order chi connectivity index (χ1) is 10.1. The molecule has 4 nitrogen and oxygen atoms in total. The molecule has 0 aliphatic heterocycles. The van der Waals surface area contributed by atoms with Gasteiger partial charge in [0.2, 0.25) is 10.1 Å². The van der Waals surface area contributed by atoms with Crippen LogP contribution in [0, 0.1) is 0 Å². The number of Topliss-reactive ketones (excluding diaryl/α,β-unsaturated/α-hetero) is 1. The molecular formula is C13H9Cl4NO3S. The number of allylic oxidation sites excluding steroid dienone is 2. The van der Waals surface area contributed by atoms with Crippen LogP contribution in [0.15, 0.2) is 50.2 Å². The summed E-state index contributed by atoms with van der Waals surface area (Å²) in [7, 11) is -4.03. The van der Waals surface area contributed by atoms with Crippen LogP contribution in [0.4, 0.5) is 0 Å². The van der Waals surface area contributed by atoms with E-state index in [4.69, 9.17) is 46.4 Å². The Labute approximate surface area is 147 Å². The molecule has 0 unspecified atom stereocenters. The number of hydrogen-bond acceptors (Lipinski definition) is 3. The Balaban J connectivity index is 2.63. The number of benzene rings is 1. The van der Waals surface area contributed by atoms with Gasteiger partial charge in [-0.05, 0) is 24.6 Å². The first-order valence-corrected chi connectivity index (χ1v) is 8.93. The van der Waals surface area contributed by atoms with Crippen molar-refractivity contribution in [1.82, 2.24) is 0 Å². The molecule has 1 aromatic rings. The van der Waals surface area contributed by atoms with Crippen molar-refractivity contribution in [2.24, 2.45) is 4.40 Å². The first kappa shape index (κ1) is 17.8. The smallest absolute Gasteiger partial charge is 0.282 e. The Bertz CT molecular complexity index is 785. The largest absolute Gasteiger partial charge is 0.290 e. The molecule has 1 aliphatic rings. The van der Waals surface area contributed by atoms with Gasteiger partial charge in [0.1, 0.15) is 5.38 Å². The van der Waals surface area contributed by atoms with Crippen molar-refractivity contribution in [3.8, 4) is 0 Å². The predicted molar refractivity (Wildman–Crippen MR) is 88.7 cm³/mol. The number of halogens is 4. The summed E-state index contributed by atoms with van der Waals surface area (Å²) in [6.45, 7) is 1.43. The van der Waals surface area contributed by atoms with Gasteiger partial charge in [0.05, 0.1) is 15.6 Å². The highest BCUT2D eigenvalue weighted by molar-refractivity contribution is 7.90. The van der Waals surface area contributed by atoms with Crippen LogP contribution in [0.3, 0.4) is 0 Å². The topological polar surface area (TPSA) is 63.6 Å². The fraction of sp³-hybridized carbons (Fsp3) is 0.231. The quantitative estimate of drug-likeness (QED) is 0.711. The zero-order valence-electron chi connectivity index (χ0n) is 11.1. The second kappa shape index (κ2) is 6.13. The summed E-state index contributed by atoms with van der Waals surface area (Å²) in [6.07, 6.45) is 0. The summed E-state index contributed by atoms with van der Waals surface area (Å²) >= 11 is 23.7. The maximum absolute atomic E-state index is 12.3. The fourth-order valence-electron chi connectivity index (χ4n) is 1.80. The number of nitrogens with zero attached hydrogens (tertiary/aromatic N) is 1. The normalized spacial score (nSPS) is 24.0. The van der Waals surface area contributed by atoms with Gasteiger partial charge in [-0.3, -0.25) is 4.79 Å². The molecule has 0 aromatic heterocycles. The highest BCUT2D eigenvalue weighted by atomic mass is 35.5. The Hall–Kier alpha value is -0.590. The molecule has 0 N–H and O–H groups in total. The van der Waals surface area contributed by atoms with Gasteiger partial charge >= 0.3 is 0 Å². The monoisotopic (exact) mass is 399 g/mol. The van der Waals surface area contributed by atoms with Crippen LogP contribution in [0.2, 0.25) is 0 Å². The van der Waals surface area contributed by atoms with Gasteiger partial charge in [-0.1, -0.05) is 53.0 Å². The van der Waals surface area contributed by atoms with Crippen LogP contribution in [0.25, 0.3) is 0 Å². The van der Waals surface area contributed by atoms with Gasteiger partial charge in [0.25, 0.3) is 10.0 Å². The van der Waals surface area contributed by atoms with Crippen molar-refractivity contribution < 1.29 is 13.2 Å². The Morgan fingerprint density at radius 3 is 2.27 bits per heavy atom. The summed E-state index contributed by atoms with van der Waals surface area (Å²) in [5, 5.41) is -1.63. The minimum atomic E-state index is -4.03. The molecule has 0 radical (unpaired) electrons. The Morgan fingerprint density at radius 1 is 1.18 bits per heavy atom. The van der Waals surface area contributed by atoms with E-state index in [0.717, 1.165) is 0 Å². The van der Waals surface area contributed by atoms with E-state index in [-0.39, 0.29) is 21.2 Å². The lowest BCUT2D eigenvalue weighted by molar-refractivity contribution is -0.115. The van der Waals surface area contributed by atoms with Crippen molar-refractivity contribution >= 4 is 67.9 Å². The number of ketones is 1. The molecule has 0 amide bonds. The van der Waals surface area contributed by atoms with E-state index in [2.05, 4.69) is 4.40 Å². The number of carbonyl (C=O) groups excluding carboxylic acids is 1. The fourth-order valence-corrected chi connectivity index (χ4v) is 4.01. The van der Waals surface area contributed by atoms with Crippen molar-refractivity contribution in [1.29, 1.82) is 0 Å². The van der Waals surface area contributed by atoms with Crippen LogP contribution < -0.4 is 0 Å². The third-order valence-corrected chi connectivity index (χ3v) is 6.33. The average molecular weight is 401 g/mol. The summed E-state index contributed by atoms with van der Waals surface area (Å²) in [5.74, 6) is -0.786. The summed E-state index contributed by atoms with van der Waals surface area (Å²) in [6, 6.07) is 7.54. The summed E-state index contributed by atoms with van der Waals surface area (Å²) in [4.78, 5) is 11.9. The van der Waals surface area contributed by atoms with E-state index in [0.29, 0.717) is 0 Å². The maximum Gasteiger partial charge on any atom is 0.282 e. The van der Waals surface area contributed by atoms with Crippen molar-refractivity contribution in [3.05, 3.63) is 40.9 Å². The van der Waals surface area contributed by atoms with Crippen LogP contribution in [0.5, 0.6) is 0 Å². The SMILES string of the molecule is CC1=C(Cl)C(=O)C(Cl)(Cl)[C@H](Cl)C1=NS(=O)(=O)c1ccccc1. The molecule has 0 spiro atoms. The molecule has 2 rings (SSSR count). The molecule has 118 valence electrons. The minimum absolute atomic E-state index is 0.0260. The molecule has 9 heteroatoms. The average Bonchev–Trinajstić information content (AvgIpc) is 2.49. The number of alkyl halides is 3. The minimum Gasteiger partial charge on any atom is -0.290 e. The van der Waals surface area contributed by atoms with E-state index < -0.39 is 25.5 Å². The standard InChI is InChI=1S/C13H9Cl4NO3S/c1-7-9(14)12(19)13(16,17)11(15)10(7)18-22(20,21)8-5-3-2-4-6-8/h2-6,11H,1H3/t11-/m1/s1. The lowest BCUT2D eigenvalue weighted by Crippen LogP contribution is -2.46. The third-order valence-electron chi connectivity index (χ3n) is 3.03. The Kier molecular flexibility index (Phi) is 4.95. The van der Waals surface area contributed by atoms with E-state index in [9.17, 15) is 13.2 Å². The van der Waals surface area contributed by atoms with Gasteiger partial charge < -0.3 is 0 Å². The molecule has 1 aromatic carbocycles.